The maximum atomic E-state index is 13.0. The third-order valence-electron chi connectivity index (χ3n) is 5.27. The maximum absolute atomic E-state index is 13.0. The summed E-state index contributed by atoms with van der Waals surface area (Å²) in [5, 5.41) is 5.96. The van der Waals surface area contributed by atoms with Gasteiger partial charge in [0.2, 0.25) is 5.91 Å². The quantitative estimate of drug-likeness (QED) is 0.571. The highest BCUT2D eigenvalue weighted by Gasteiger charge is 2.33. The molecule has 166 valence electrons. The topological polar surface area (TPSA) is 80.8 Å². The molecule has 0 radical (unpaired) electrons. The Balaban J connectivity index is 1.59. The lowest BCUT2D eigenvalue weighted by atomic mass is 10.1. The van der Waals surface area contributed by atoms with E-state index in [1.54, 1.807) is 49.6 Å². The van der Waals surface area contributed by atoms with E-state index in [2.05, 4.69) is 12.2 Å². The van der Waals surface area contributed by atoms with Gasteiger partial charge in [-0.05, 0) is 62.2 Å². The summed E-state index contributed by atoms with van der Waals surface area (Å²) in [6.45, 7) is 3.73. The van der Waals surface area contributed by atoms with E-state index >= 15 is 0 Å². The molecule has 0 saturated carbocycles. The maximum Gasteiger partial charge on any atom is 0.265 e. The molecular weight excluding hydrogens is 426 g/mol. The Hall–Kier alpha value is -3.39. The summed E-state index contributed by atoms with van der Waals surface area (Å²) in [7, 11) is 1.58. The molecule has 1 aromatic heterocycles. The summed E-state index contributed by atoms with van der Waals surface area (Å²) in [6.07, 6.45) is 1.97. The molecule has 0 spiro atoms. The van der Waals surface area contributed by atoms with Crippen LogP contribution in [0.25, 0.3) is 11.3 Å². The van der Waals surface area contributed by atoms with E-state index in [4.69, 9.17) is 14.5 Å². The number of methoxy groups -OCH3 is 1. The van der Waals surface area contributed by atoms with Gasteiger partial charge in [0.25, 0.3) is 5.91 Å². The van der Waals surface area contributed by atoms with Crippen molar-refractivity contribution in [2.24, 2.45) is 0 Å². The molecule has 32 heavy (non-hydrogen) atoms. The Morgan fingerprint density at radius 1 is 1.28 bits per heavy atom. The number of thiazole rings is 1. The van der Waals surface area contributed by atoms with Crippen molar-refractivity contribution >= 4 is 34.5 Å². The van der Waals surface area contributed by atoms with E-state index in [0.717, 1.165) is 29.1 Å². The van der Waals surface area contributed by atoms with Crippen molar-refractivity contribution in [3.63, 3.8) is 0 Å². The van der Waals surface area contributed by atoms with Crippen molar-refractivity contribution in [2.45, 2.75) is 32.7 Å². The molecule has 7 nitrogen and oxygen atoms in total. The van der Waals surface area contributed by atoms with Crippen LogP contribution < -0.4 is 19.7 Å². The van der Waals surface area contributed by atoms with Crippen LogP contribution in [0.5, 0.6) is 11.5 Å². The van der Waals surface area contributed by atoms with Crippen molar-refractivity contribution in [1.29, 1.82) is 0 Å². The molecule has 1 aliphatic rings. The molecule has 2 amide bonds. The van der Waals surface area contributed by atoms with Gasteiger partial charge >= 0.3 is 0 Å². The number of benzene rings is 2. The van der Waals surface area contributed by atoms with E-state index in [0.29, 0.717) is 22.9 Å². The van der Waals surface area contributed by atoms with Crippen LogP contribution in [0.4, 0.5) is 11.4 Å². The fraction of sp³-hybridized carbons (Fsp3) is 0.292. The van der Waals surface area contributed by atoms with Crippen molar-refractivity contribution in [3.8, 4) is 22.8 Å². The molecule has 4 rings (SSSR count). The van der Waals surface area contributed by atoms with Gasteiger partial charge in [-0.1, -0.05) is 6.92 Å². The van der Waals surface area contributed by atoms with Crippen molar-refractivity contribution < 1.29 is 19.1 Å². The van der Waals surface area contributed by atoms with E-state index in [1.165, 1.54) is 4.90 Å². The van der Waals surface area contributed by atoms with Crippen LogP contribution in [0.1, 0.15) is 25.3 Å². The minimum Gasteiger partial charge on any atom is -0.497 e. The number of anilines is 2. The summed E-state index contributed by atoms with van der Waals surface area (Å²) in [6, 6.07) is 11.9. The number of hydrogen-bond acceptors (Lipinski definition) is 6. The lowest BCUT2D eigenvalue weighted by Crippen LogP contribution is -2.49. The minimum absolute atomic E-state index is 0.107. The van der Waals surface area contributed by atoms with E-state index < -0.39 is 6.04 Å². The van der Waals surface area contributed by atoms with Gasteiger partial charge in [-0.2, -0.15) is 0 Å². The molecule has 0 saturated heterocycles. The van der Waals surface area contributed by atoms with Gasteiger partial charge in [0, 0.05) is 16.6 Å². The number of hydrogen-bond donors (Lipinski definition) is 1. The predicted octanol–water partition coefficient (Wildman–Crippen LogP) is 4.52. The number of carbonyl (C=O) groups excluding carboxylic acids is 2. The van der Waals surface area contributed by atoms with Crippen LogP contribution in [0.3, 0.4) is 0 Å². The first-order valence-corrected chi connectivity index (χ1v) is 11.4. The fourth-order valence-corrected chi connectivity index (χ4v) is 4.47. The second kappa shape index (κ2) is 9.40. The zero-order chi connectivity index (χ0) is 22.7. The van der Waals surface area contributed by atoms with E-state index in [1.807, 2.05) is 23.6 Å². The van der Waals surface area contributed by atoms with Crippen LogP contribution in [0, 0.1) is 0 Å². The normalized spacial score (nSPS) is 13.8. The van der Waals surface area contributed by atoms with Crippen molar-refractivity contribution in [3.05, 3.63) is 52.9 Å². The highest BCUT2D eigenvalue weighted by Crippen LogP contribution is 2.37. The third kappa shape index (κ3) is 4.45. The van der Waals surface area contributed by atoms with Gasteiger partial charge in [0.15, 0.2) is 6.61 Å². The van der Waals surface area contributed by atoms with Crippen molar-refractivity contribution in [2.75, 3.05) is 23.9 Å². The Labute approximate surface area is 191 Å². The molecule has 0 fully saturated rings. The average molecular weight is 452 g/mol. The molecule has 2 aromatic carbocycles. The zero-order valence-electron chi connectivity index (χ0n) is 18.3. The van der Waals surface area contributed by atoms with Crippen LogP contribution in [0.15, 0.2) is 47.8 Å². The number of rotatable bonds is 7. The molecular formula is C24H25N3O4S. The first kappa shape index (κ1) is 21.8. The highest BCUT2D eigenvalue weighted by atomic mass is 32.1. The van der Waals surface area contributed by atoms with E-state index in [9.17, 15) is 9.59 Å². The smallest absolute Gasteiger partial charge is 0.265 e. The summed E-state index contributed by atoms with van der Waals surface area (Å²) in [4.78, 5) is 31.9. The molecule has 1 unspecified atom stereocenters. The number of ether oxygens (including phenoxy) is 2. The fourth-order valence-electron chi connectivity index (χ4n) is 3.57. The summed E-state index contributed by atoms with van der Waals surface area (Å²) >= 11 is 1.63. The second-order valence-corrected chi connectivity index (χ2v) is 8.45. The first-order valence-electron chi connectivity index (χ1n) is 10.5. The van der Waals surface area contributed by atoms with Gasteiger partial charge in [0.05, 0.1) is 23.5 Å². The summed E-state index contributed by atoms with van der Waals surface area (Å²) in [5.74, 6) is 0.712. The highest BCUT2D eigenvalue weighted by molar-refractivity contribution is 7.09. The average Bonchev–Trinajstić information content (AvgIpc) is 3.27. The Bertz CT molecular complexity index is 1130. The van der Waals surface area contributed by atoms with Gasteiger partial charge < -0.3 is 14.8 Å². The van der Waals surface area contributed by atoms with Crippen LogP contribution in [-0.4, -0.2) is 36.6 Å². The Kier molecular flexibility index (Phi) is 6.41. The molecule has 0 bridgehead atoms. The molecule has 8 heteroatoms. The third-order valence-corrected chi connectivity index (χ3v) is 6.18. The SMILES string of the molecule is CCCc1nc(-c2ccc3c(c2)N(C(C)C(=O)Nc2ccc(OC)cc2)C(=O)CO3)cs1. The number of nitrogens with zero attached hydrogens (tertiary/aromatic N) is 2. The zero-order valence-corrected chi connectivity index (χ0v) is 19.1. The van der Waals surface area contributed by atoms with Gasteiger partial charge in [0.1, 0.15) is 17.5 Å². The predicted molar refractivity (Wildman–Crippen MR) is 126 cm³/mol. The number of carbonyl (C=O) groups is 2. The first-order chi connectivity index (χ1) is 15.5. The Morgan fingerprint density at radius 3 is 2.78 bits per heavy atom. The Morgan fingerprint density at radius 2 is 2.06 bits per heavy atom. The molecule has 2 heterocycles. The molecule has 1 atom stereocenters. The number of nitrogens with one attached hydrogen (secondary N) is 1. The van der Waals surface area contributed by atoms with Crippen LogP contribution in [0.2, 0.25) is 0 Å². The molecule has 0 aliphatic carbocycles. The lowest BCUT2D eigenvalue weighted by molar-refractivity contribution is -0.125. The molecule has 1 aliphatic heterocycles. The van der Waals surface area contributed by atoms with Gasteiger partial charge in [-0.25, -0.2) is 4.98 Å². The monoisotopic (exact) mass is 451 g/mol. The second-order valence-electron chi connectivity index (χ2n) is 7.51. The van der Waals surface area contributed by atoms with E-state index in [-0.39, 0.29) is 18.4 Å². The van der Waals surface area contributed by atoms with Crippen LogP contribution in [-0.2, 0) is 16.0 Å². The van der Waals surface area contributed by atoms with Gasteiger partial charge in [-0.3, -0.25) is 14.5 Å². The lowest BCUT2D eigenvalue weighted by Gasteiger charge is -2.33. The number of aryl methyl sites for hydroxylation is 1. The molecule has 1 N–H and O–H groups in total. The number of amides is 2. The van der Waals surface area contributed by atoms with Crippen LogP contribution >= 0.6 is 11.3 Å². The molecule has 3 aromatic rings. The van der Waals surface area contributed by atoms with Gasteiger partial charge in [-0.15, -0.1) is 11.3 Å². The summed E-state index contributed by atoms with van der Waals surface area (Å²) < 4.78 is 10.8. The largest absolute Gasteiger partial charge is 0.497 e. The van der Waals surface area contributed by atoms with Crippen molar-refractivity contribution in [1.82, 2.24) is 4.98 Å². The number of fused-ring (bicyclic) bond motifs is 1. The number of aromatic nitrogens is 1. The minimum atomic E-state index is -0.728. The standard InChI is InChI=1S/C24H25N3O4S/c1-4-5-22-26-19(14-32-22)16-6-11-21-20(12-16)27(23(28)13-31-21)15(2)24(29)25-17-7-9-18(30-3)10-8-17/h6-12,14-15H,4-5,13H2,1-3H3,(H,25,29). The summed E-state index contributed by atoms with van der Waals surface area (Å²) in [5.41, 5.74) is 2.94.